The van der Waals surface area contributed by atoms with Gasteiger partial charge in [-0.05, 0) is 31.4 Å². The van der Waals surface area contributed by atoms with E-state index >= 15 is 0 Å². The van der Waals surface area contributed by atoms with Gasteiger partial charge in [-0.2, -0.15) is 0 Å². The van der Waals surface area contributed by atoms with E-state index in [-0.39, 0.29) is 11.9 Å². The number of carbonyl (C=O) groups excluding carboxylic acids is 1. The van der Waals surface area contributed by atoms with Crippen LogP contribution < -0.4 is 10.1 Å². The van der Waals surface area contributed by atoms with Gasteiger partial charge in [0.15, 0.2) is 0 Å². The van der Waals surface area contributed by atoms with Crippen molar-refractivity contribution in [2.24, 2.45) is 0 Å². The molecule has 0 radical (unpaired) electrons. The average Bonchev–Trinajstić information content (AvgIpc) is 2.96. The Kier molecular flexibility index (Phi) is 3.60. The lowest BCUT2D eigenvalue weighted by atomic mass is 10.00. The summed E-state index contributed by atoms with van der Waals surface area (Å²) >= 11 is 0. The third-order valence-corrected chi connectivity index (χ3v) is 3.67. The molecule has 0 spiro atoms. The second-order valence-corrected chi connectivity index (χ2v) is 5.18. The lowest BCUT2D eigenvalue weighted by Gasteiger charge is -2.27. The predicted molar refractivity (Wildman–Crippen MR) is 77.3 cm³/mol. The first-order valence-electron chi connectivity index (χ1n) is 7.09. The molecule has 1 N–H and O–H groups in total. The number of carbonyl (C=O) groups is 1. The Balaban J connectivity index is 1.71. The van der Waals surface area contributed by atoms with E-state index in [1.54, 1.807) is 4.68 Å². The summed E-state index contributed by atoms with van der Waals surface area (Å²) in [6.45, 7) is 5.06. The fraction of sp³-hybridized carbons (Fsp3) is 0.400. The van der Waals surface area contributed by atoms with Crippen LogP contribution in [0.3, 0.4) is 0 Å². The average molecular weight is 286 g/mol. The van der Waals surface area contributed by atoms with Gasteiger partial charge in [0.05, 0.1) is 12.2 Å². The number of hydrogen-bond acceptors (Lipinski definition) is 4. The van der Waals surface area contributed by atoms with Gasteiger partial charge in [-0.1, -0.05) is 23.4 Å². The van der Waals surface area contributed by atoms with Gasteiger partial charge in [-0.25, -0.2) is 4.68 Å². The Labute approximate surface area is 123 Å². The number of nitrogens with one attached hydrogen (secondary N) is 1. The van der Waals surface area contributed by atoms with E-state index in [0.29, 0.717) is 18.8 Å². The normalized spacial score (nSPS) is 17.0. The van der Waals surface area contributed by atoms with Gasteiger partial charge in [0.25, 0.3) is 5.91 Å². The van der Waals surface area contributed by atoms with Gasteiger partial charge in [0.1, 0.15) is 18.1 Å². The van der Waals surface area contributed by atoms with E-state index in [9.17, 15) is 4.79 Å². The molecular formula is C15H18N4O2. The third-order valence-electron chi connectivity index (χ3n) is 3.67. The molecule has 1 amide bonds. The minimum atomic E-state index is -0.161. The van der Waals surface area contributed by atoms with Crippen molar-refractivity contribution >= 4 is 5.91 Å². The van der Waals surface area contributed by atoms with E-state index in [2.05, 4.69) is 15.6 Å². The number of nitrogens with zero attached hydrogens (tertiary/aromatic N) is 3. The molecule has 0 fully saturated rings. The summed E-state index contributed by atoms with van der Waals surface area (Å²) < 4.78 is 7.37. The zero-order chi connectivity index (χ0) is 14.8. The Morgan fingerprint density at radius 2 is 2.38 bits per heavy atom. The van der Waals surface area contributed by atoms with E-state index in [0.717, 1.165) is 23.3 Å². The maximum absolute atomic E-state index is 12.3. The molecule has 1 atom stereocenters. The summed E-state index contributed by atoms with van der Waals surface area (Å²) in [5.74, 6) is 0.787. The summed E-state index contributed by atoms with van der Waals surface area (Å²) in [5.41, 5.74) is 2.74. The van der Waals surface area contributed by atoms with Crippen molar-refractivity contribution < 1.29 is 9.53 Å². The standard InChI is InChI=1S/C15H18N4O2/c1-3-19-13(8-16-18-19)15(20)17-12-7-11-6-4-5-10(2)14(11)21-9-12/h4-6,8,12H,3,7,9H2,1-2H3,(H,17,20). The lowest BCUT2D eigenvalue weighted by Crippen LogP contribution is -2.43. The predicted octanol–water partition coefficient (Wildman–Crippen LogP) is 1.34. The number of benzene rings is 1. The fourth-order valence-corrected chi connectivity index (χ4v) is 2.61. The maximum atomic E-state index is 12.3. The zero-order valence-electron chi connectivity index (χ0n) is 12.2. The number of rotatable bonds is 3. The number of para-hydroxylation sites is 1. The number of ether oxygens (including phenoxy) is 1. The summed E-state index contributed by atoms with van der Waals surface area (Å²) in [5, 5.41) is 10.6. The van der Waals surface area contributed by atoms with Crippen LogP contribution in [0.15, 0.2) is 24.4 Å². The van der Waals surface area contributed by atoms with Gasteiger partial charge in [-0.15, -0.1) is 5.10 Å². The topological polar surface area (TPSA) is 69.0 Å². The highest BCUT2D eigenvalue weighted by Gasteiger charge is 2.24. The van der Waals surface area contributed by atoms with Crippen LogP contribution in [0.4, 0.5) is 0 Å². The fourth-order valence-electron chi connectivity index (χ4n) is 2.61. The highest BCUT2D eigenvalue weighted by molar-refractivity contribution is 5.92. The van der Waals surface area contributed by atoms with Crippen LogP contribution in [0.5, 0.6) is 5.75 Å². The monoisotopic (exact) mass is 286 g/mol. The molecule has 110 valence electrons. The molecule has 3 rings (SSSR count). The van der Waals surface area contributed by atoms with Crippen molar-refractivity contribution in [3.63, 3.8) is 0 Å². The molecule has 6 heteroatoms. The van der Waals surface area contributed by atoms with Crippen LogP contribution in [0.2, 0.25) is 0 Å². The van der Waals surface area contributed by atoms with Gasteiger partial charge in [-0.3, -0.25) is 4.79 Å². The van der Waals surface area contributed by atoms with Crippen LogP contribution in [0.25, 0.3) is 0 Å². The molecule has 2 aromatic rings. The summed E-state index contributed by atoms with van der Waals surface area (Å²) in [7, 11) is 0. The summed E-state index contributed by atoms with van der Waals surface area (Å²) in [6, 6.07) is 6.05. The van der Waals surface area contributed by atoms with E-state index < -0.39 is 0 Å². The van der Waals surface area contributed by atoms with E-state index in [1.807, 2.05) is 32.0 Å². The molecule has 1 aromatic heterocycles. The van der Waals surface area contributed by atoms with E-state index in [1.165, 1.54) is 6.20 Å². The second-order valence-electron chi connectivity index (χ2n) is 5.18. The molecule has 1 unspecified atom stereocenters. The molecule has 1 aliphatic heterocycles. The molecule has 1 aromatic carbocycles. The Hall–Kier alpha value is -2.37. The highest BCUT2D eigenvalue weighted by Crippen LogP contribution is 2.28. The van der Waals surface area contributed by atoms with Crippen LogP contribution in [-0.4, -0.2) is 33.5 Å². The molecule has 0 bridgehead atoms. The number of hydrogen-bond donors (Lipinski definition) is 1. The van der Waals surface area contributed by atoms with Crippen LogP contribution in [0, 0.1) is 6.92 Å². The molecule has 21 heavy (non-hydrogen) atoms. The molecule has 0 saturated carbocycles. The van der Waals surface area contributed by atoms with E-state index in [4.69, 9.17) is 4.74 Å². The molecule has 0 saturated heterocycles. The largest absolute Gasteiger partial charge is 0.491 e. The third kappa shape index (κ3) is 2.61. The van der Waals surface area contributed by atoms with Crippen LogP contribution >= 0.6 is 0 Å². The minimum absolute atomic E-state index is 0.0352. The number of aromatic nitrogens is 3. The summed E-state index contributed by atoms with van der Waals surface area (Å²) in [6.07, 6.45) is 2.26. The van der Waals surface area contributed by atoms with Crippen molar-refractivity contribution in [1.82, 2.24) is 20.3 Å². The van der Waals surface area contributed by atoms with Gasteiger partial charge < -0.3 is 10.1 Å². The van der Waals surface area contributed by atoms with Crippen molar-refractivity contribution in [3.8, 4) is 5.75 Å². The molecule has 1 aliphatic rings. The summed E-state index contributed by atoms with van der Waals surface area (Å²) in [4.78, 5) is 12.3. The quantitative estimate of drug-likeness (QED) is 0.924. The smallest absolute Gasteiger partial charge is 0.271 e. The number of amides is 1. The number of aryl methyl sites for hydroxylation is 2. The Morgan fingerprint density at radius 3 is 3.19 bits per heavy atom. The van der Waals surface area contributed by atoms with Gasteiger partial charge in [0, 0.05) is 6.54 Å². The molecule has 2 heterocycles. The SMILES string of the molecule is CCn1nncc1C(=O)NC1COc2c(C)cccc2C1. The lowest BCUT2D eigenvalue weighted by molar-refractivity contribution is 0.0904. The van der Waals surface area contributed by atoms with Crippen LogP contribution in [0.1, 0.15) is 28.5 Å². The molecule has 0 aliphatic carbocycles. The molecule has 6 nitrogen and oxygen atoms in total. The maximum Gasteiger partial charge on any atom is 0.271 e. The Morgan fingerprint density at radius 1 is 1.52 bits per heavy atom. The first-order valence-corrected chi connectivity index (χ1v) is 7.09. The minimum Gasteiger partial charge on any atom is -0.491 e. The zero-order valence-corrected chi connectivity index (χ0v) is 12.2. The number of fused-ring (bicyclic) bond motifs is 1. The van der Waals surface area contributed by atoms with Crippen molar-refractivity contribution in [2.45, 2.75) is 32.9 Å². The van der Waals surface area contributed by atoms with Gasteiger partial charge >= 0.3 is 0 Å². The first kappa shape index (κ1) is 13.6. The van der Waals surface area contributed by atoms with Crippen molar-refractivity contribution in [2.75, 3.05) is 6.61 Å². The Bertz CT molecular complexity index is 665. The first-order chi connectivity index (χ1) is 10.2. The van der Waals surface area contributed by atoms with Crippen LogP contribution in [-0.2, 0) is 13.0 Å². The van der Waals surface area contributed by atoms with Gasteiger partial charge in [0.2, 0.25) is 0 Å². The van der Waals surface area contributed by atoms with Crippen molar-refractivity contribution in [3.05, 3.63) is 41.2 Å². The van der Waals surface area contributed by atoms with Crippen molar-refractivity contribution in [1.29, 1.82) is 0 Å². The molecular weight excluding hydrogens is 268 g/mol. The second kappa shape index (κ2) is 5.55. The highest BCUT2D eigenvalue weighted by atomic mass is 16.5.